The topological polar surface area (TPSA) is 84.2 Å². The molecule has 2 aromatic heterocycles. The molecule has 2 amide bonds. The molecule has 0 unspecified atom stereocenters. The molecule has 0 aliphatic carbocycles. The number of amides is 2. The van der Waals surface area contributed by atoms with Crippen LogP contribution in [-0.2, 0) is 0 Å². The molecule has 0 saturated carbocycles. The molecule has 0 fully saturated rings. The molecule has 0 bridgehead atoms. The minimum Gasteiger partial charge on any atom is -0.459 e. The van der Waals surface area contributed by atoms with E-state index in [4.69, 9.17) is 4.42 Å². The fraction of sp³-hybridized carbons (Fsp3) is 0.214. The summed E-state index contributed by atoms with van der Waals surface area (Å²) in [5.74, 6) is -3.43. The number of carbonyl (C=O) groups is 2. The summed E-state index contributed by atoms with van der Waals surface area (Å²) in [5.41, 5.74) is 0.0650. The number of rotatable bonds is 7. The molecular formula is C14H13F2N3O3S. The third-order valence-electron chi connectivity index (χ3n) is 2.66. The van der Waals surface area contributed by atoms with Gasteiger partial charge in [0.15, 0.2) is 5.76 Å². The van der Waals surface area contributed by atoms with Crippen LogP contribution in [0.3, 0.4) is 0 Å². The largest absolute Gasteiger partial charge is 0.459 e. The fourth-order valence-electron chi connectivity index (χ4n) is 1.68. The second kappa shape index (κ2) is 8.28. The van der Waals surface area contributed by atoms with Crippen LogP contribution in [-0.4, -0.2) is 35.6 Å². The van der Waals surface area contributed by atoms with Crippen LogP contribution in [0.15, 0.2) is 46.2 Å². The Morgan fingerprint density at radius 3 is 2.57 bits per heavy atom. The van der Waals surface area contributed by atoms with Crippen molar-refractivity contribution >= 4 is 23.6 Å². The first-order valence-corrected chi connectivity index (χ1v) is 7.45. The Kier molecular flexibility index (Phi) is 6.10. The molecule has 9 heteroatoms. The van der Waals surface area contributed by atoms with Gasteiger partial charge in [-0.05, 0) is 36.0 Å². The molecule has 2 rings (SSSR count). The molecule has 2 N–H and O–H groups in total. The standard InChI is InChI=1S/C14H13F2N3O3S/c15-14(16)23-13-9(3-1-5-19-13)11(20)17-6-7-18-12(21)10-4-2-8-22-10/h1-5,8,14H,6-7H2,(H,17,20)(H,18,21). The number of hydrogen-bond acceptors (Lipinski definition) is 5. The van der Waals surface area contributed by atoms with Crippen LogP contribution in [0.4, 0.5) is 8.78 Å². The van der Waals surface area contributed by atoms with E-state index >= 15 is 0 Å². The van der Waals surface area contributed by atoms with Gasteiger partial charge in [-0.25, -0.2) is 4.98 Å². The molecule has 23 heavy (non-hydrogen) atoms. The van der Waals surface area contributed by atoms with E-state index in [-0.39, 0.29) is 41.2 Å². The number of hydrogen-bond donors (Lipinski definition) is 2. The molecule has 0 radical (unpaired) electrons. The molecule has 122 valence electrons. The zero-order chi connectivity index (χ0) is 16.7. The molecule has 2 aromatic rings. The zero-order valence-electron chi connectivity index (χ0n) is 11.8. The first-order valence-electron chi connectivity index (χ1n) is 6.57. The van der Waals surface area contributed by atoms with Gasteiger partial charge in [0, 0.05) is 19.3 Å². The van der Waals surface area contributed by atoms with E-state index in [1.165, 1.54) is 30.7 Å². The highest BCUT2D eigenvalue weighted by Gasteiger charge is 2.16. The lowest BCUT2D eigenvalue weighted by Gasteiger charge is -2.09. The van der Waals surface area contributed by atoms with E-state index in [0.717, 1.165) is 0 Å². The van der Waals surface area contributed by atoms with Gasteiger partial charge in [0.25, 0.3) is 17.6 Å². The average Bonchev–Trinajstić information content (AvgIpc) is 3.05. The third kappa shape index (κ3) is 5.06. The first kappa shape index (κ1) is 16.9. The molecule has 0 aromatic carbocycles. The molecule has 6 nitrogen and oxygen atoms in total. The predicted molar refractivity (Wildman–Crippen MR) is 79.5 cm³/mol. The summed E-state index contributed by atoms with van der Waals surface area (Å²) < 4.78 is 29.8. The molecule has 0 aliphatic rings. The lowest BCUT2D eigenvalue weighted by atomic mass is 10.2. The van der Waals surface area contributed by atoms with Gasteiger partial charge in [-0.15, -0.1) is 0 Å². The van der Waals surface area contributed by atoms with Gasteiger partial charge < -0.3 is 15.1 Å². The summed E-state index contributed by atoms with van der Waals surface area (Å²) in [7, 11) is 0. The van der Waals surface area contributed by atoms with Gasteiger partial charge in [-0.1, -0.05) is 0 Å². The molecular weight excluding hydrogens is 328 g/mol. The van der Waals surface area contributed by atoms with Crippen LogP contribution in [0.25, 0.3) is 0 Å². The van der Waals surface area contributed by atoms with Crippen LogP contribution in [0, 0.1) is 0 Å². The van der Waals surface area contributed by atoms with Gasteiger partial charge in [0.05, 0.1) is 11.8 Å². The summed E-state index contributed by atoms with van der Waals surface area (Å²) in [4.78, 5) is 27.3. The van der Waals surface area contributed by atoms with E-state index in [9.17, 15) is 18.4 Å². The van der Waals surface area contributed by atoms with Crippen molar-refractivity contribution in [2.75, 3.05) is 13.1 Å². The van der Waals surface area contributed by atoms with E-state index in [2.05, 4.69) is 15.6 Å². The number of nitrogens with one attached hydrogen (secondary N) is 2. The van der Waals surface area contributed by atoms with E-state index in [1.54, 1.807) is 6.07 Å². The monoisotopic (exact) mass is 341 g/mol. The molecule has 0 atom stereocenters. The number of pyridine rings is 1. The maximum absolute atomic E-state index is 12.4. The molecule has 0 spiro atoms. The van der Waals surface area contributed by atoms with E-state index < -0.39 is 17.6 Å². The van der Waals surface area contributed by atoms with E-state index in [1.807, 2.05) is 0 Å². The van der Waals surface area contributed by atoms with Crippen molar-refractivity contribution < 1.29 is 22.8 Å². The van der Waals surface area contributed by atoms with Gasteiger partial charge in [-0.2, -0.15) is 8.78 Å². The summed E-state index contributed by atoms with van der Waals surface area (Å²) in [6, 6.07) is 6.00. The fourth-order valence-corrected chi connectivity index (χ4v) is 2.26. The number of aromatic nitrogens is 1. The van der Waals surface area contributed by atoms with Gasteiger partial charge in [0.1, 0.15) is 5.03 Å². The van der Waals surface area contributed by atoms with Crippen molar-refractivity contribution in [3.8, 4) is 0 Å². The van der Waals surface area contributed by atoms with Gasteiger partial charge in [0.2, 0.25) is 0 Å². The highest BCUT2D eigenvalue weighted by atomic mass is 32.2. The maximum atomic E-state index is 12.4. The van der Waals surface area contributed by atoms with Crippen LogP contribution in [0.2, 0.25) is 0 Å². The third-order valence-corrected chi connectivity index (χ3v) is 3.38. The van der Waals surface area contributed by atoms with Crippen LogP contribution in [0.5, 0.6) is 0 Å². The highest BCUT2D eigenvalue weighted by Crippen LogP contribution is 2.26. The Labute approximate surface area is 134 Å². The number of alkyl halides is 2. The van der Waals surface area contributed by atoms with Crippen LogP contribution >= 0.6 is 11.8 Å². The Balaban J connectivity index is 1.82. The summed E-state index contributed by atoms with van der Waals surface area (Å²) in [6.45, 7) is 0.307. The van der Waals surface area contributed by atoms with Crippen molar-refractivity contribution in [2.24, 2.45) is 0 Å². The van der Waals surface area contributed by atoms with Crippen molar-refractivity contribution in [3.05, 3.63) is 48.0 Å². The van der Waals surface area contributed by atoms with Gasteiger partial charge in [-0.3, -0.25) is 9.59 Å². The zero-order valence-corrected chi connectivity index (χ0v) is 12.6. The quantitative estimate of drug-likeness (QED) is 0.595. The second-order valence-corrected chi connectivity index (χ2v) is 5.20. The Morgan fingerprint density at radius 1 is 1.17 bits per heavy atom. The highest BCUT2D eigenvalue weighted by molar-refractivity contribution is 7.99. The van der Waals surface area contributed by atoms with Crippen molar-refractivity contribution in [2.45, 2.75) is 10.8 Å². The summed E-state index contributed by atoms with van der Waals surface area (Å²) in [6.07, 6.45) is 2.71. The lowest BCUT2D eigenvalue weighted by Crippen LogP contribution is -2.34. The number of furan rings is 1. The van der Waals surface area contributed by atoms with Crippen molar-refractivity contribution in [3.63, 3.8) is 0 Å². The SMILES string of the molecule is O=C(NCCNC(=O)c1cccnc1SC(F)F)c1ccco1. The second-order valence-electron chi connectivity index (χ2n) is 4.22. The number of thioether (sulfide) groups is 1. The summed E-state index contributed by atoms with van der Waals surface area (Å²) in [5, 5.41) is 5.04. The van der Waals surface area contributed by atoms with E-state index in [0.29, 0.717) is 0 Å². The van der Waals surface area contributed by atoms with Crippen LogP contribution < -0.4 is 10.6 Å². The van der Waals surface area contributed by atoms with Crippen LogP contribution in [0.1, 0.15) is 20.9 Å². The molecule has 0 aliphatic heterocycles. The predicted octanol–water partition coefficient (Wildman–Crippen LogP) is 2.15. The molecule has 2 heterocycles. The van der Waals surface area contributed by atoms with Crippen molar-refractivity contribution in [1.29, 1.82) is 0 Å². The number of nitrogens with zero attached hydrogens (tertiary/aromatic N) is 1. The smallest absolute Gasteiger partial charge is 0.290 e. The molecule has 0 saturated heterocycles. The Bertz CT molecular complexity index is 665. The van der Waals surface area contributed by atoms with Gasteiger partial charge >= 0.3 is 0 Å². The normalized spacial score (nSPS) is 10.6. The Morgan fingerprint density at radius 2 is 1.91 bits per heavy atom. The minimum absolute atomic E-state index is 0.0420. The first-order chi connectivity index (χ1) is 11.1. The Hall–Kier alpha value is -2.42. The van der Waals surface area contributed by atoms with Crippen molar-refractivity contribution in [1.82, 2.24) is 15.6 Å². The maximum Gasteiger partial charge on any atom is 0.290 e. The average molecular weight is 341 g/mol. The minimum atomic E-state index is -2.66. The number of halogens is 2. The summed E-state index contributed by atoms with van der Waals surface area (Å²) >= 11 is 0.208. The number of carbonyl (C=O) groups excluding carboxylic acids is 2. The lowest BCUT2D eigenvalue weighted by molar-refractivity contribution is 0.0909.